The summed E-state index contributed by atoms with van der Waals surface area (Å²) in [7, 11) is 3.08. The maximum Gasteiger partial charge on any atom is 0.410 e. The van der Waals surface area contributed by atoms with Crippen LogP contribution in [-0.4, -0.2) is 91.1 Å². The van der Waals surface area contributed by atoms with Gasteiger partial charge in [0.15, 0.2) is 0 Å². The van der Waals surface area contributed by atoms with E-state index in [1.165, 1.54) is 22.9 Å². The van der Waals surface area contributed by atoms with Crippen molar-refractivity contribution in [3.05, 3.63) is 72.3 Å². The van der Waals surface area contributed by atoms with Crippen LogP contribution in [0.5, 0.6) is 0 Å². The smallest absolute Gasteiger partial charge is 0.410 e. The van der Waals surface area contributed by atoms with Crippen molar-refractivity contribution < 1.29 is 28.7 Å². The minimum atomic E-state index is -1.05. The highest BCUT2D eigenvalue weighted by molar-refractivity contribution is 5.93. The largest absolute Gasteiger partial charge is 0.461 e. The van der Waals surface area contributed by atoms with Crippen LogP contribution in [0, 0.1) is 5.92 Å². The predicted molar refractivity (Wildman–Crippen MR) is 169 cm³/mol. The van der Waals surface area contributed by atoms with Crippen LogP contribution in [0.1, 0.15) is 63.0 Å². The van der Waals surface area contributed by atoms with E-state index in [0.717, 1.165) is 41.5 Å². The summed E-state index contributed by atoms with van der Waals surface area (Å²) in [5.74, 6) is -1.36. The topological polar surface area (TPSA) is 96.5 Å². The first-order valence-electron chi connectivity index (χ1n) is 15.5. The molecule has 1 saturated heterocycles. The molecule has 2 aromatic carbocycles. The first-order valence-corrected chi connectivity index (χ1v) is 15.5. The summed E-state index contributed by atoms with van der Waals surface area (Å²) in [6.45, 7) is 8.80. The summed E-state index contributed by atoms with van der Waals surface area (Å²) in [5, 5.41) is 0. The van der Waals surface area contributed by atoms with Gasteiger partial charge in [-0.15, -0.1) is 0 Å². The number of hydrogen-bond acceptors (Lipinski definition) is 6. The monoisotopic (exact) mass is 603 g/mol. The normalized spacial score (nSPS) is 15.5. The van der Waals surface area contributed by atoms with Crippen LogP contribution in [0.15, 0.2) is 61.2 Å². The molecular formula is C35H45N3O6. The van der Waals surface area contributed by atoms with Crippen LogP contribution < -0.4 is 0 Å². The number of carbonyl (C=O) groups excluding carboxylic acids is 4. The molecule has 1 aliphatic carbocycles. The van der Waals surface area contributed by atoms with Crippen LogP contribution in [0.3, 0.4) is 0 Å². The average Bonchev–Trinajstić information content (AvgIpc) is 3.36. The lowest BCUT2D eigenvalue weighted by Gasteiger charge is -2.37. The van der Waals surface area contributed by atoms with Gasteiger partial charge in [-0.05, 0) is 53.9 Å². The number of nitrogens with zero attached hydrogens (tertiary/aromatic N) is 3. The van der Waals surface area contributed by atoms with Gasteiger partial charge in [-0.3, -0.25) is 19.3 Å². The third-order valence-corrected chi connectivity index (χ3v) is 8.56. The molecule has 2 atom stereocenters. The lowest BCUT2D eigenvalue weighted by atomic mass is 9.98. The predicted octanol–water partition coefficient (Wildman–Crippen LogP) is 5.24. The maximum atomic E-state index is 14.1. The van der Waals surface area contributed by atoms with Gasteiger partial charge in [0.25, 0.3) is 0 Å². The molecule has 44 heavy (non-hydrogen) atoms. The Bertz CT molecular complexity index is 1310. The molecule has 1 heterocycles. The molecule has 0 bridgehead atoms. The van der Waals surface area contributed by atoms with Crippen molar-refractivity contribution in [3.63, 3.8) is 0 Å². The number of likely N-dealkylation sites (tertiary alicyclic amines) is 1. The molecule has 0 unspecified atom stereocenters. The average molecular weight is 604 g/mol. The second-order valence-corrected chi connectivity index (χ2v) is 12.1. The molecule has 1 fully saturated rings. The van der Waals surface area contributed by atoms with Crippen molar-refractivity contribution in [1.29, 1.82) is 0 Å². The number of likely N-dealkylation sites (N-methyl/N-ethyl adjacent to an activating group) is 2. The third kappa shape index (κ3) is 7.49. The Morgan fingerprint density at radius 2 is 1.48 bits per heavy atom. The first-order chi connectivity index (χ1) is 21.1. The van der Waals surface area contributed by atoms with E-state index in [9.17, 15) is 19.2 Å². The molecular weight excluding hydrogens is 558 g/mol. The number of fused-ring (bicyclic) bond motifs is 3. The molecule has 2 aromatic rings. The van der Waals surface area contributed by atoms with Crippen LogP contribution in [0.4, 0.5) is 4.79 Å². The Hall–Kier alpha value is -4.14. The van der Waals surface area contributed by atoms with Gasteiger partial charge >= 0.3 is 12.1 Å². The number of amides is 3. The molecule has 0 aromatic heterocycles. The summed E-state index contributed by atoms with van der Waals surface area (Å²) < 4.78 is 11.0. The van der Waals surface area contributed by atoms with Gasteiger partial charge in [-0.2, -0.15) is 0 Å². The molecule has 0 spiro atoms. The molecule has 4 rings (SSSR count). The van der Waals surface area contributed by atoms with Crippen LogP contribution in [0.2, 0.25) is 0 Å². The fraction of sp³-hybridized carbons (Fsp3) is 0.486. The lowest BCUT2D eigenvalue weighted by Crippen LogP contribution is -2.56. The minimum absolute atomic E-state index is 0.0155. The molecule has 0 N–H and O–H groups in total. The second kappa shape index (κ2) is 15.0. The van der Waals surface area contributed by atoms with Crippen molar-refractivity contribution in [2.45, 2.75) is 64.0 Å². The zero-order valence-corrected chi connectivity index (χ0v) is 26.4. The highest BCUT2D eigenvalue weighted by Gasteiger charge is 2.39. The zero-order valence-electron chi connectivity index (χ0n) is 26.4. The van der Waals surface area contributed by atoms with E-state index in [0.29, 0.717) is 19.5 Å². The van der Waals surface area contributed by atoms with E-state index < -0.39 is 30.1 Å². The molecule has 236 valence electrons. The van der Waals surface area contributed by atoms with E-state index >= 15 is 0 Å². The molecule has 0 saturated carbocycles. The Balaban J connectivity index is 1.51. The number of hydrogen-bond donors (Lipinski definition) is 0. The standard InChI is InChI=1S/C35H45N3O6/c1-6-20-43-32(39)22-31(34(41)38-18-12-7-13-19-38)36(4)33(40)30(21-24(2)3)37(5)35(42)44-23-29-27-16-10-8-14-25(27)26-15-9-11-17-28(26)29/h6,8-11,14-17,24,29-31H,1,7,12-13,18-23H2,2-5H3/t30-,31-/m0/s1. The fourth-order valence-electron chi connectivity index (χ4n) is 6.17. The van der Waals surface area contributed by atoms with Gasteiger partial charge in [0.2, 0.25) is 11.8 Å². The fourth-order valence-corrected chi connectivity index (χ4v) is 6.17. The number of piperidine rings is 1. The number of carbonyl (C=O) groups is 4. The Morgan fingerprint density at radius 3 is 2.05 bits per heavy atom. The molecule has 0 radical (unpaired) electrons. The second-order valence-electron chi connectivity index (χ2n) is 12.1. The number of benzene rings is 2. The summed E-state index contributed by atoms with van der Waals surface area (Å²) in [6, 6.07) is 14.3. The molecule has 1 aliphatic heterocycles. The van der Waals surface area contributed by atoms with Gasteiger partial charge in [0.05, 0.1) is 6.42 Å². The quantitative estimate of drug-likeness (QED) is 0.243. The molecule has 2 aliphatic rings. The maximum absolute atomic E-state index is 14.1. The lowest BCUT2D eigenvalue weighted by molar-refractivity contribution is -0.153. The number of rotatable bonds is 12. The van der Waals surface area contributed by atoms with Crippen molar-refractivity contribution in [1.82, 2.24) is 14.7 Å². The van der Waals surface area contributed by atoms with Crippen molar-refractivity contribution in [2.24, 2.45) is 5.92 Å². The zero-order chi connectivity index (χ0) is 31.8. The van der Waals surface area contributed by atoms with Crippen molar-refractivity contribution >= 4 is 23.9 Å². The van der Waals surface area contributed by atoms with Gasteiger partial charge in [0, 0.05) is 33.1 Å². The first kappa shape index (κ1) is 32.8. The van der Waals surface area contributed by atoms with E-state index in [4.69, 9.17) is 9.47 Å². The Morgan fingerprint density at radius 1 is 0.886 bits per heavy atom. The summed E-state index contributed by atoms with van der Waals surface area (Å²) in [4.78, 5) is 58.2. The summed E-state index contributed by atoms with van der Waals surface area (Å²) in [6.07, 6.45) is 3.69. The Labute approximate surface area is 260 Å². The van der Waals surface area contributed by atoms with Gasteiger partial charge < -0.3 is 19.3 Å². The van der Waals surface area contributed by atoms with E-state index in [1.807, 2.05) is 38.1 Å². The van der Waals surface area contributed by atoms with Crippen molar-refractivity contribution in [2.75, 3.05) is 40.4 Å². The third-order valence-electron chi connectivity index (χ3n) is 8.56. The summed E-state index contributed by atoms with van der Waals surface area (Å²) >= 11 is 0. The summed E-state index contributed by atoms with van der Waals surface area (Å²) in [5.41, 5.74) is 4.45. The van der Waals surface area contributed by atoms with Gasteiger partial charge in [-0.25, -0.2) is 4.79 Å². The highest BCUT2D eigenvalue weighted by atomic mass is 16.6. The molecule has 9 nitrogen and oxygen atoms in total. The number of ether oxygens (including phenoxy) is 2. The van der Waals surface area contributed by atoms with Crippen LogP contribution >= 0.6 is 0 Å². The minimum Gasteiger partial charge on any atom is -0.461 e. The van der Waals surface area contributed by atoms with Crippen LogP contribution in [0.25, 0.3) is 11.1 Å². The van der Waals surface area contributed by atoms with Gasteiger partial charge in [-0.1, -0.05) is 75.0 Å². The number of esters is 1. The SMILES string of the molecule is C=CCOC(=O)C[C@@H](C(=O)N1CCCCC1)N(C)C(=O)[C@H](CC(C)C)N(C)C(=O)OCC1c2ccccc2-c2ccccc21. The van der Waals surface area contributed by atoms with Gasteiger partial charge in [0.1, 0.15) is 25.3 Å². The molecule has 3 amide bonds. The molecule has 9 heteroatoms. The Kier molecular flexibility index (Phi) is 11.2. The van der Waals surface area contributed by atoms with Crippen molar-refractivity contribution in [3.8, 4) is 11.1 Å². The van der Waals surface area contributed by atoms with E-state index in [1.54, 1.807) is 11.9 Å². The van der Waals surface area contributed by atoms with Crippen LogP contribution in [-0.2, 0) is 23.9 Å². The van der Waals surface area contributed by atoms with E-state index in [2.05, 4.69) is 30.8 Å². The van der Waals surface area contributed by atoms with E-state index in [-0.39, 0.29) is 37.4 Å². The highest BCUT2D eigenvalue weighted by Crippen LogP contribution is 2.44.